The van der Waals surface area contributed by atoms with E-state index >= 15 is 0 Å². The number of hydrogen-bond donors (Lipinski definition) is 9. The van der Waals surface area contributed by atoms with Crippen molar-refractivity contribution < 1.29 is 74.0 Å². The smallest absolute Gasteiger partial charge is 0.296 e. The summed E-state index contributed by atoms with van der Waals surface area (Å²) in [4.78, 5) is 62.3. The Morgan fingerprint density at radius 1 is 0.609 bits per heavy atom. The predicted octanol–water partition coefficient (Wildman–Crippen LogP) is 9.11. The third-order valence-corrected chi connectivity index (χ3v) is 17.6. The van der Waals surface area contributed by atoms with Gasteiger partial charge in [0.1, 0.15) is 21.5 Å². The Morgan fingerprint density at radius 3 is 1.84 bits per heavy atom. The SMILES string of the molecule is CCCNC(=O)[C@H](Cc1ccc2ccccc2c1)NC(=O)C1CCC(CNC(=O)CCOCCOCCOCCOCCC(=O)NCCCCCC(=O)Nc2ccc(-c3ccc(N=Nc4ccc5c(S(=O)(=O)O)cc(S(=O)(=O)O)c(N)c5c4O)c(C)c3)cc2C)CC1. The molecular weight excluding hydrogens is 1220 g/mol. The van der Waals surface area contributed by atoms with Crippen molar-refractivity contribution in [1.29, 1.82) is 0 Å². The molecule has 0 unspecified atom stereocenters. The van der Waals surface area contributed by atoms with Crippen LogP contribution in [0.25, 0.3) is 32.7 Å². The second-order valence-corrected chi connectivity index (χ2v) is 25.5. The summed E-state index contributed by atoms with van der Waals surface area (Å²) < 4.78 is 89.7. The van der Waals surface area contributed by atoms with E-state index in [1.807, 2.05) is 74.5 Å². The molecule has 0 heterocycles. The highest BCUT2D eigenvalue weighted by Gasteiger charge is 2.31. The molecule has 10 N–H and O–H groups in total. The van der Waals surface area contributed by atoms with Gasteiger partial charge < -0.3 is 56.4 Å². The molecule has 6 aromatic rings. The highest BCUT2D eigenvalue weighted by molar-refractivity contribution is 7.87. The van der Waals surface area contributed by atoms with Crippen molar-refractivity contribution in [2.75, 3.05) is 83.5 Å². The summed E-state index contributed by atoms with van der Waals surface area (Å²) in [6.07, 6.45) is 7.06. The van der Waals surface area contributed by atoms with Gasteiger partial charge in [0.2, 0.25) is 29.5 Å². The van der Waals surface area contributed by atoms with Crippen LogP contribution >= 0.6 is 0 Å². The number of benzene rings is 6. The van der Waals surface area contributed by atoms with Gasteiger partial charge in [0.05, 0.1) is 69.6 Å². The van der Waals surface area contributed by atoms with Crippen molar-refractivity contribution in [3.05, 3.63) is 114 Å². The maximum absolute atomic E-state index is 13.4. The number of unbranched alkanes of at least 4 members (excludes halogenated alkanes) is 2. The van der Waals surface area contributed by atoms with Crippen LogP contribution in [0.3, 0.4) is 0 Å². The van der Waals surface area contributed by atoms with E-state index in [0.717, 1.165) is 64.8 Å². The summed E-state index contributed by atoms with van der Waals surface area (Å²) in [5, 5.41) is 35.6. The maximum Gasteiger partial charge on any atom is 0.296 e. The molecule has 1 fully saturated rings. The molecule has 0 aliphatic heterocycles. The summed E-state index contributed by atoms with van der Waals surface area (Å²) in [5.74, 6) is -1.27. The fourth-order valence-electron chi connectivity index (χ4n) is 10.7. The van der Waals surface area contributed by atoms with E-state index in [1.54, 1.807) is 19.1 Å². The Balaban J connectivity index is 0.661. The number of phenolic OH excluding ortho intramolecular Hbond substituents is 1. The third-order valence-electron chi connectivity index (χ3n) is 15.8. The number of azo groups is 1. The van der Waals surface area contributed by atoms with Crippen molar-refractivity contribution in [1.82, 2.24) is 21.3 Å². The minimum absolute atomic E-state index is 0.0898. The van der Waals surface area contributed by atoms with Crippen molar-refractivity contribution in [2.24, 2.45) is 22.1 Å². The Bertz CT molecular complexity index is 3800. The Hall–Kier alpha value is -7.95. The van der Waals surface area contributed by atoms with Gasteiger partial charge in [-0.3, -0.25) is 33.1 Å². The Morgan fingerprint density at radius 2 is 1.21 bits per heavy atom. The van der Waals surface area contributed by atoms with E-state index in [0.29, 0.717) is 121 Å². The summed E-state index contributed by atoms with van der Waals surface area (Å²) >= 11 is 0. The fourth-order valence-corrected chi connectivity index (χ4v) is 12.1. The first-order valence-corrected chi connectivity index (χ1v) is 33.8. The number of phenols is 1. The molecule has 1 aliphatic carbocycles. The second kappa shape index (κ2) is 35.2. The average molecular weight is 1310 g/mol. The summed E-state index contributed by atoms with van der Waals surface area (Å²) in [7, 11) is -10.1. The van der Waals surface area contributed by atoms with Gasteiger partial charge in [-0.2, -0.15) is 21.9 Å². The van der Waals surface area contributed by atoms with Crippen LogP contribution < -0.4 is 32.3 Å². The molecule has 0 aromatic heterocycles. The number of ether oxygens (including phenoxy) is 4. The van der Waals surface area contributed by atoms with Gasteiger partial charge in [-0.15, -0.1) is 5.11 Å². The van der Waals surface area contributed by atoms with E-state index in [2.05, 4.69) is 42.9 Å². The number of amides is 5. The van der Waals surface area contributed by atoms with Crippen LogP contribution in [0, 0.1) is 25.7 Å². The number of rotatable bonds is 36. The molecular formula is C66H84N8O16S2. The molecule has 6 aromatic carbocycles. The lowest BCUT2D eigenvalue weighted by molar-refractivity contribution is -0.132. The molecule has 24 nitrogen and oxygen atoms in total. The van der Waals surface area contributed by atoms with Crippen LogP contribution in [-0.2, 0) is 69.6 Å². The number of aryl methyl sites for hydroxylation is 2. The molecule has 7 rings (SSSR count). The molecule has 0 radical (unpaired) electrons. The van der Waals surface area contributed by atoms with Crippen LogP contribution in [0.1, 0.15) is 94.2 Å². The van der Waals surface area contributed by atoms with E-state index < -0.39 is 52.9 Å². The molecule has 0 saturated heterocycles. The van der Waals surface area contributed by atoms with Crippen LogP contribution in [0.4, 0.5) is 22.7 Å². The van der Waals surface area contributed by atoms with Crippen molar-refractivity contribution >= 4 is 94.1 Å². The van der Waals surface area contributed by atoms with Crippen molar-refractivity contribution in [3.8, 4) is 16.9 Å². The highest BCUT2D eigenvalue weighted by atomic mass is 32.2. The van der Waals surface area contributed by atoms with Gasteiger partial charge in [0, 0.05) is 62.3 Å². The van der Waals surface area contributed by atoms with Gasteiger partial charge in [0.25, 0.3) is 20.2 Å². The zero-order valence-electron chi connectivity index (χ0n) is 52.2. The molecule has 0 spiro atoms. The number of aromatic hydroxyl groups is 1. The molecule has 1 saturated carbocycles. The first-order chi connectivity index (χ1) is 44.1. The first kappa shape index (κ1) is 71.5. The number of anilines is 2. The Labute approximate surface area is 536 Å². The second-order valence-electron chi connectivity index (χ2n) is 22.7. The lowest BCUT2D eigenvalue weighted by Gasteiger charge is -2.29. The third kappa shape index (κ3) is 21.9. The number of nitrogens with two attached hydrogens (primary N) is 1. The number of fused-ring (bicyclic) bond motifs is 2. The predicted molar refractivity (Wildman–Crippen MR) is 349 cm³/mol. The van der Waals surface area contributed by atoms with Gasteiger partial charge in [-0.05, 0) is 140 Å². The normalized spacial score (nSPS) is 14.7. The summed E-state index contributed by atoms with van der Waals surface area (Å²) in [6.45, 7) is 9.85. The zero-order chi connectivity index (χ0) is 66.2. The lowest BCUT2D eigenvalue weighted by atomic mass is 9.81. The minimum atomic E-state index is -5.07. The van der Waals surface area contributed by atoms with Gasteiger partial charge in [-0.1, -0.05) is 74.0 Å². The number of carbonyl (C=O) groups excluding carboxylic acids is 5. The summed E-state index contributed by atoms with van der Waals surface area (Å²) in [5.41, 5.74) is 10.4. The average Bonchev–Trinajstić information content (AvgIpc) is 0.750. The Kier molecular flexibility index (Phi) is 27.3. The largest absolute Gasteiger partial charge is 0.505 e. The molecule has 5 amide bonds. The highest BCUT2D eigenvalue weighted by Crippen LogP contribution is 2.44. The number of nitrogen functional groups attached to an aromatic ring is 1. The van der Waals surface area contributed by atoms with Crippen LogP contribution in [0.5, 0.6) is 5.75 Å². The summed E-state index contributed by atoms with van der Waals surface area (Å²) in [6, 6.07) is 27.4. The van der Waals surface area contributed by atoms with Crippen molar-refractivity contribution in [2.45, 2.75) is 114 Å². The molecule has 0 bridgehead atoms. The van der Waals surface area contributed by atoms with E-state index in [1.165, 1.54) is 6.07 Å². The minimum Gasteiger partial charge on any atom is -0.505 e. The van der Waals surface area contributed by atoms with Crippen LogP contribution in [0.15, 0.2) is 117 Å². The standard InChI is InChI=1S/C66H84N8O16S2/c1-4-27-69-66(80)56(40-46-15-16-47-10-7-8-11-49(47)39-46)72-65(79)48-17-13-45(14-18-48)42-70-60(76)26-30-88-32-34-90-36-35-89-33-31-87-29-25-59(75)68-28-9-5-6-12-61(77)71-53-22-19-50(37-43(53)2)51-20-23-54(44(3)38-51)73-74-55-24-21-52-57(91(81,82)83)41-58(92(84,85)86)63(67)62(52)64(55)78/h7-8,10-11,15-16,19-24,37-39,41,45,48,56,78H,4-6,9,12-14,17-18,25-36,40,42,67H2,1-3H3,(H,68,75)(H,69,80)(H,70,76)(H,71,77)(H,72,79)(H,81,82,83)(H,84,85,86)/t45?,48?,56-/m0/s1. The van der Waals surface area contributed by atoms with E-state index in [4.69, 9.17) is 24.7 Å². The fraction of sp³-hybridized carbons (Fsp3) is 0.439. The maximum atomic E-state index is 13.4. The van der Waals surface area contributed by atoms with E-state index in [-0.39, 0.29) is 78.5 Å². The lowest BCUT2D eigenvalue weighted by Crippen LogP contribution is -2.50. The molecule has 1 aliphatic rings. The number of nitrogens with one attached hydrogen (secondary N) is 5. The van der Waals surface area contributed by atoms with Crippen LogP contribution in [0.2, 0.25) is 0 Å². The molecule has 26 heteroatoms. The van der Waals surface area contributed by atoms with Crippen molar-refractivity contribution in [3.63, 3.8) is 0 Å². The molecule has 496 valence electrons. The number of hydrogen-bond acceptors (Lipinski definition) is 17. The topological polar surface area (TPSA) is 362 Å². The van der Waals surface area contributed by atoms with Gasteiger partial charge >= 0.3 is 0 Å². The number of nitrogens with zero attached hydrogens (tertiary/aromatic N) is 2. The quantitative estimate of drug-likeness (QED) is 0.00766. The van der Waals surface area contributed by atoms with E-state index in [9.17, 15) is 55.0 Å². The monoisotopic (exact) mass is 1310 g/mol. The molecule has 1 atom stereocenters. The first-order valence-electron chi connectivity index (χ1n) is 31.0. The van der Waals surface area contributed by atoms with Crippen LogP contribution in [-0.4, -0.2) is 139 Å². The number of carbonyl (C=O) groups is 5. The zero-order valence-corrected chi connectivity index (χ0v) is 53.8. The molecule has 92 heavy (non-hydrogen) atoms. The van der Waals surface area contributed by atoms with Gasteiger partial charge in [0.15, 0.2) is 5.75 Å². The van der Waals surface area contributed by atoms with Gasteiger partial charge in [-0.25, -0.2) is 0 Å².